The molecule has 1 aliphatic rings. The first-order valence-electron chi connectivity index (χ1n) is 9.18. The van der Waals surface area contributed by atoms with Crippen LogP contribution in [0.3, 0.4) is 0 Å². The molecule has 1 amide bonds. The second-order valence-electron chi connectivity index (χ2n) is 6.73. The average molecular weight is 421 g/mol. The van der Waals surface area contributed by atoms with E-state index in [-0.39, 0.29) is 11.9 Å². The van der Waals surface area contributed by atoms with E-state index in [1.54, 1.807) is 30.1 Å². The molecule has 2 aromatic rings. The summed E-state index contributed by atoms with van der Waals surface area (Å²) in [5, 5.41) is 4.29. The molecule has 1 fully saturated rings. The summed E-state index contributed by atoms with van der Waals surface area (Å²) in [7, 11) is 5.32. The zero-order chi connectivity index (χ0) is 21.0. The molecule has 2 unspecified atom stereocenters. The lowest BCUT2D eigenvalue weighted by Gasteiger charge is -2.27. The van der Waals surface area contributed by atoms with E-state index in [2.05, 4.69) is 29.8 Å². The van der Waals surface area contributed by atoms with Gasteiger partial charge >= 0.3 is 0 Å². The van der Waals surface area contributed by atoms with Crippen molar-refractivity contribution in [3.05, 3.63) is 35.5 Å². The molecule has 0 radical (unpaired) electrons. The van der Waals surface area contributed by atoms with E-state index in [1.165, 1.54) is 20.2 Å². The molecule has 156 valence electrons. The molecule has 1 aliphatic heterocycles. The second-order valence-corrected chi connectivity index (χ2v) is 7.81. The number of anilines is 3. The quantitative estimate of drug-likeness (QED) is 0.694. The van der Waals surface area contributed by atoms with Crippen LogP contribution in [0.4, 0.5) is 21.8 Å². The van der Waals surface area contributed by atoms with Gasteiger partial charge in [0.2, 0.25) is 5.95 Å². The molecule has 0 bridgehead atoms. The van der Waals surface area contributed by atoms with Gasteiger partial charge in [0.25, 0.3) is 5.91 Å². The van der Waals surface area contributed by atoms with E-state index in [0.717, 1.165) is 0 Å². The summed E-state index contributed by atoms with van der Waals surface area (Å²) in [6, 6.07) is 5.13. The number of amides is 1. The van der Waals surface area contributed by atoms with E-state index >= 15 is 0 Å². The third-order valence-corrected chi connectivity index (χ3v) is 4.86. The standard InChI is InChI=1S/C19H25FN5O3P/c1-19(20,29)13-11-22-18(24-16(13)21-2)23-14-5-4-12(10-15(14)27-3)17(26)25-6-8-28-9-7-25/h4-5,10-11H,6-9,29H2,1-3H3,(H2,21,22,23,24). The Labute approximate surface area is 171 Å². The summed E-state index contributed by atoms with van der Waals surface area (Å²) < 4.78 is 25.0. The van der Waals surface area contributed by atoms with Gasteiger partial charge in [-0.25, -0.2) is 9.37 Å². The van der Waals surface area contributed by atoms with Gasteiger partial charge in [-0.2, -0.15) is 4.98 Å². The maximum atomic E-state index is 14.3. The lowest BCUT2D eigenvalue weighted by atomic mass is 10.1. The summed E-state index contributed by atoms with van der Waals surface area (Å²) in [5.74, 6) is 1.06. The molecule has 2 N–H and O–H groups in total. The van der Waals surface area contributed by atoms with Crippen LogP contribution in [0, 0.1) is 0 Å². The van der Waals surface area contributed by atoms with Crippen molar-refractivity contribution >= 4 is 32.6 Å². The van der Waals surface area contributed by atoms with Gasteiger partial charge in [-0.05, 0) is 25.1 Å². The molecule has 0 spiro atoms. The number of morpholine rings is 1. The molecule has 1 saturated heterocycles. The minimum absolute atomic E-state index is 0.0705. The van der Waals surface area contributed by atoms with E-state index in [9.17, 15) is 9.18 Å². The highest BCUT2D eigenvalue weighted by Crippen LogP contribution is 2.37. The van der Waals surface area contributed by atoms with Crippen molar-refractivity contribution in [1.82, 2.24) is 14.9 Å². The van der Waals surface area contributed by atoms with Gasteiger partial charge in [0.05, 0.1) is 31.6 Å². The largest absolute Gasteiger partial charge is 0.495 e. The van der Waals surface area contributed by atoms with E-state index in [0.29, 0.717) is 54.7 Å². The Morgan fingerprint density at radius 1 is 1.38 bits per heavy atom. The third kappa shape index (κ3) is 4.92. The SMILES string of the molecule is CNc1nc(Nc2ccc(C(=O)N3CCOCC3)cc2OC)ncc1C(C)(F)P. The van der Waals surface area contributed by atoms with Crippen LogP contribution in [0.25, 0.3) is 0 Å². The molecular weight excluding hydrogens is 396 g/mol. The molecule has 0 aliphatic carbocycles. The number of alkyl halides is 1. The number of benzene rings is 1. The van der Waals surface area contributed by atoms with E-state index in [1.807, 2.05) is 0 Å². The van der Waals surface area contributed by atoms with Crippen molar-refractivity contribution in [2.45, 2.75) is 12.3 Å². The molecule has 2 heterocycles. The van der Waals surface area contributed by atoms with Gasteiger partial charge in [-0.1, -0.05) is 9.24 Å². The number of halogens is 1. The molecule has 8 nitrogen and oxygen atoms in total. The highest BCUT2D eigenvalue weighted by molar-refractivity contribution is 7.18. The predicted molar refractivity (Wildman–Crippen MR) is 113 cm³/mol. The number of rotatable bonds is 6. The van der Waals surface area contributed by atoms with E-state index < -0.39 is 5.41 Å². The summed E-state index contributed by atoms with van der Waals surface area (Å²) in [6.45, 7) is 3.63. The molecule has 29 heavy (non-hydrogen) atoms. The van der Waals surface area contributed by atoms with Crippen LogP contribution in [-0.2, 0) is 10.1 Å². The Morgan fingerprint density at radius 3 is 2.72 bits per heavy atom. The van der Waals surface area contributed by atoms with Crippen molar-refractivity contribution in [3.63, 3.8) is 0 Å². The fraction of sp³-hybridized carbons (Fsp3) is 0.421. The Hall–Kier alpha value is -2.51. The van der Waals surface area contributed by atoms with Gasteiger partial charge in [-0.3, -0.25) is 4.79 Å². The first-order chi connectivity index (χ1) is 13.8. The number of carbonyl (C=O) groups excluding carboxylic acids is 1. The highest BCUT2D eigenvalue weighted by Gasteiger charge is 2.25. The van der Waals surface area contributed by atoms with Crippen LogP contribution in [0.15, 0.2) is 24.4 Å². The number of nitrogens with one attached hydrogen (secondary N) is 2. The van der Waals surface area contributed by atoms with Gasteiger partial charge in [0.1, 0.15) is 11.6 Å². The number of hydrogen-bond donors (Lipinski definition) is 2. The van der Waals surface area contributed by atoms with Crippen LogP contribution in [0.1, 0.15) is 22.8 Å². The van der Waals surface area contributed by atoms with Crippen LogP contribution in [0.2, 0.25) is 0 Å². The van der Waals surface area contributed by atoms with Crippen LogP contribution in [-0.4, -0.2) is 61.2 Å². The van der Waals surface area contributed by atoms with Crippen molar-refractivity contribution in [2.24, 2.45) is 0 Å². The Kier molecular flexibility index (Phi) is 6.49. The first kappa shape index (κ1) is 21.2. The summed E-state index contributed by atoms with van der Waals surface area (Å²) in [5.41, 5.74) is 1.45. The molecular formula is C19H25FN5O3P. The topological polar surface area (TPSA) is 88.6 Å². The van der Waals surface area contributed by atoms with Gasteiger partial charge in [0, 0.05) is 31.9 Å². The van der Waals surface area contributed by atoms with Gasteiger partial charge in [0.15, 0.2) is 5.41 Å². The Morgan fingerprint density at radius 2 is 2.10 bits per heavy atom. The van der Waals surface area contributed by atoms with Crippen LogP contribution in [0.5, 0.6) is 5.75 Å². The predicted octanol–water partition coefficient (Wildman–Crippen LogP) is 2.76. The molecule has 0 saturated carbocycles. The molecule has 1 aromatic heterocycles. The molecule has 10 heteroatoms. The number of nitrogens with zero attached hydrogens (tertiary/aromatic N) is 3. The Bertz CT molecular complexity index is 885. The fourth-order valence-corrected chi connectivity index (χ4v) is 3.20. The third-order valence-electron chi connectivity index (χ3n) is 4.55. The maximum Gasteiger partial charge on any atom is 0.254 e. The maximum absolute atomic E-state index is 14.3. The zero-order valence-corrected chi connectivity index (χ0v) is 17.8. The summed E-state index contributed by atoms with van der Waals surface area (Å²) in [4.78, 5) is 23.0. The van der Waals surface area contributed by atoms with Crippen molar-refractivity contribution in [3.8, 4) is 5.75 Å². The normalized spacial score (nSPS) is 16.1. The molecule has 3 rings (SSSR count). The monoisotopic (exact) mass is 421 g/mol. The summed E-state index contributed by atoms with van der Waals surface area (Å²) in [6.07, 6.45) is 1.43. The number of aromatic nitrogens is 2. The molecule has 2 atom stereocenters. The minimum Gasteiger partial charge on any atom is -0.495 e. The van der Waals surface area contributed by atoms with Crippen LogP contribution < -0.4 is 15.4 Å². The van der Waals surface area contributed by atoms with Crippen molar-refractivity contribution in [1.29, 1.82) is 0 Å². The van der Waals surface area contributed by atoms with Crippen molar-refractivity contribution < 1.29 is 18.7 Å². The van der Waals surface area contributed by atoms with Gasteiger partial charge < -0.3 is 25.0 Å². The lowest BCUT2D eigenvalue weighted by Crippen LogP contribution is -2.40. The second kappa shape index (κ2) is 8.88. The average Bonchev–Trinajstić information content (AvgIpc) is 2.73. The number of carbonyl (C=O) groups is 1. The fourth-order valence-electron chi connectivity index (χ4n) is 2.99. The molecule has 1 aromatic carbocycles. The van der Waals surface area contributed by atoms with Crippen molar-refractivity contribution in [2.75, 3.05) is 51.1 Å². The number of methoxy groups -OCH3 is 1. The summed E-state index contributed by atoms with van der Waals surface area (Å²) >= 11 is 0. The highest BCUT2D eigenvalue weighted by atomic mass is 31.0. The zero-order valence-electron chi connectivity index (χ0n) is 16.7. The van der Waals surface area contributed by atoms with Crippen LogP contribution >= 0.6 is 9.24 Å². The first-order valence-corrected chi connectivity index (χ1v) is 9.76. The lowest BCUT2D eigenvalue weighted by molar-refractivity contribution is 0.0302. The smallest absolute Gasteiger partial charge is 0.254 e. The Balaban J connectivity index is 1.83. The van der Waals surface area contributed by atoms with Gasteiger partial charge in [-0.15, -0.1) is 0 Å². The van der Waals surface area contributed by atoms with E-state index in [4.69, 9.17) is 9.47 Å². The number of hydrogen-bond acceptors (Lipinski definition) is 7. The number of ether oxygens (including phenoxy) is 2. The minimum atomic E-state index is -1.66.